The molecule has 0 spiro atoms. The molecular formula is C19H18N4O2. The Labute approximate surface area is 145 Å². The van der Waals surface area contributed by atoms with Crippen LogP contribution in [0.3, 0.4) is 0 Å². The van der Waals surface area contributed by atoms with Crippen LogP contribution in [0.4, 0.5) is 5.69 Å². The maximum Gasteiger partial charge on any atom is 0.244 e. The molecule has 0 aliphatic carbocycles. The summed E-state index contributed by atoms with van der Waals surface area (Å²) in [4.78, 5) is 30.8. The highest BCUT2D eigenvalue weighted by molar-refractivity contribution is 6.02. The zero-order chi connectivity index (χ0) is 17.4. The van der Waals surface area contributed by atoms with Crippen molar-refractivity contribution < 1.29 is 9.59 Å². The predicted octanol–water partition coefficient (Wildman–Crippen LogP) is 2.47. The molecule has 1 atom stereocenters. The van der Waals surface area contributed by atoms with E-state index in [2.05, 4.69) is 10.4 Å². The van der Waals surface area contributed by atoms with Crippen LogP contribution in [0.25, 0.3) is 11.0 Å². The number of carbonyl (C=O) groups is 2. The monoisotopic (exact) mass is 334 g/mol. The Morgan fingerprint density at radius 2 is 1.92 bits per heavy atom. The first kappa shape index (κ1) is 15.4. The molecule has 2 heterocycles. The number of benzene rings is 2. The van der Waals surface area contributed by atoms with Crippen LogP contribution in [0.1, 0.15) is 12.0 Å². The van der Waals surface area contributed by atoms with Gasteiger partial charge in [0.2, 0.25) is 11.8 Å². The Balaban J connectivity index is 1.50. The van der Waals surface area contributed by atoms with E-state index in [1.165, 1.54) is 0 Å². The molecule has 4 rings (SSSR count). The van der Waals surface area contributed by atoms with Gasteiger partial charge in [-0.2, -0.15) is 0 Å². The number of aromatic nitrogens is 2. The lowest BCUT2D eigenvalue weighted by atomic mass is 10.1. The topological polar surface area (TPSA) is 67.2 Å². The Bertz CT molecular complexity index is 945. The third-order valence-electron chi connectivity index (χ3n) is 4.53. The molecule has 6 heteroatoms. The minimum atomic E-state index is -0.380. The summed E-state index contributed by atoms with van der Waals surface area (Å²) in [6, 6.07) is 15.3. The zero-order valence-electron chi connectivity index (χ0n) is 13.8. The largest absolute Gasteiger partial charge is 0.312 e. The number of rotatable bonds is 3. The van der Waals surface area contributed by atoms with Crippen molar-refractivity contribution in [3.8, 4) is 0 Å². The maximum atomic E-state index is 12.6. The molecule has 1 saturated heterocycles. The van der Waals surface area contributed by atoms with Gasteiger partial charge in [0.1, 0.15) is 6.33 Å². The first-order valence-corrected chi connectivity index (χ1v) is 8.22. The Hall–Kier alpha value is -3.15. The number of imidazole rings is 1. The molecule has 2 amide bonds. The molecule has 6 nitrogen and oxygen atoms in total. The van der Waals surface area contributed by atoms with E-state index in [1.807, 2.05) is 55.5 Å². The Morgan fingerprint density at radius 1 is 1.16 bits per heavy atom. The van der Waals surface area contributed by atoms with E-state index in [0.717, 1.165) is 22.3 Å². The number of anilines is 1. The first-order chi connectivity index (χ1) is 12.1. The van der Waals surface area contributed by atoms with Gasteiger partial charge in [-0.05, 0) is 31.2 Å². The van der Waals surface area contributed by atoms with Crippen molar-refractivity contribution in [3.05, 3.63) is 60.4 Å². The Kier molecular flexibility index (Phi) is 3.72. The normalized spacial score (nSPS) is 17.2. The van der Waals surface area contributed by atoms with Crippen LogP contribution in [-0.2, 0) is 9.59 Å². The molecule has 1 aliphatic heterocycles. The summed E-state index contributed by atoms with van der Waals surface area (Å²) in [5.41, 5.74) is 6.45. The number of hydrogen-bond donors (Lipinski definition) is 1. The van der Waals surface area contributed by atoms with Crippen molar-refractivity contribution in [2.75, 3.05) is 16.9 Å². The van der Waals surface area contributed by atoms with Crippen molar-refractivity contribution in [2.24, 2.45) is 5.92 Å². The van der Waals surface area contributed by atoms with Gasteiger partial charge in [-0.3, -0.25) is 15.0 Å². The average Bonchev–Trinajstić information content (AvgIpc) is 3.20. The average molecular weight is 334 g/mol. The van der Waals surface area contributed by atoms with Crippen LogP contribution in [-0.4, -0.2) is 28.0 Å². The predicted molar refractivity (Wildman–Crippen MR) is 95.7 cm³/mol. The van der Waals surface area contributed by atoms with Crippen LogP contribution in [0, 0.1) is 12.8 Å². The highest BCUT2D eigenvalue weighted by Gasteiger charge is 2.35. The van der Waals surface area contributed by atoms with Crippen molar-refractivity contribution in [3.63, 3.8) is 0 Å². The molecule has 1 unspecified atom stereocenters. The fourth-order valence-corrected chi connectivity index (χ4v) is 3.12. The van der Waals surface area contributed by atoms with Gasteiger partial charge in [0, 0.05) is 18.7 Å². The minimum absolute atomic E-state index is 0.0282. The third kappa shape index (κ3) is 2.87. The van der Waals surface area contributed by atoms with Gasteiger partial charge in [0.05, 0.1) is 17.0 Å². The smallest absolute Gasteiger partial charge is 0.244 e. The zero-order valence-corrected chi connectivity index (χ0v) is 13.8. The third-order valence-corrected chi connectivity index (χ3v) is 4.53. The van der Waals surface area contributed by atoms with Crippen LogP contribution in [0.15, 0.2) is 54.9 Å². The quantitative estimate of drug-likeness (QED) is 0.800. The summed E-state index contributed by atoms with van der Waals surface area (Å²) < 4.78 is 1.61. The second-order valence-corrected chi connectivity index (χ2v) is 6.32. The summed E-state index contributed by atoms with van der Waals surface area (Å²) in [6.07, 6.45) is 1.80. The van der Waals surface area contributed by atoms with Crippen molar-refractivity contribution >= 4 is 28.5 Å². The highest BCUT2D eigenvalue weighted by atomic mass is 16.2. The molecule has 0 saturated carbocycles. The number of amides is 2. The molecule has 1 N–H and O–H groups in total. The lowest BCUT2D eigenvalue weighted by Crippen LogP contribution is -2.31. The van der Waals surface area contributed by atoms with Crippen molar-refractivity contribution in [1.82, 2.24) is 9.66 Å². The van der Waals surface area contributed by atoms with E-state index in [1.54, 1.807) is 15.9 Å². The SMILES string of the molecule is Cc1ccc(N2CC(C(=O)Nn3cnc4ccccc43)CC2=O)cc1. The second-order valence-electron chi connectivity index (χ2n) is 6.32. The number of fused-ring (bicyclic) bond motifs is 1. The van der Waals surface area contributed by atoms with Crippen molar-refractivity contribution in [1.29, 1.82) is 0 Å². The summed E-state index contributed by atoms with van der Waals surface area (Å²) in [5.74, 6) is -0.583. The van der Waals surface area contributed by atoms with Gasteiger partial charge in [-0.15, -0.1) is 0 Å². The van der Waals surface area contributed by atoms with E-state index < -0.39 is 0 Å². The fraction of sp³-hybridized carbons (Fsp3) is 0.211. The number of hydrogen-bond acceptors (Lipinski definition) is 3. The number of nitrogens with one attached hydrogen (secondary N) is 1. The fourth-order valence-electron chi connectivity index (χ4n) is 3.12. The van der Waals surface area contributed by atoms with Crippen LogP contribution < -0.4 is 10.3 Å². The van der Waals surface area contributed by atoms with Crippen LogP contribution in [0.2, 0.25) is 0 Å². The number of aryl methyl sites for hydroxylation is 1. The molecule has 25 heavy (non-hydrogen) atoms. The molecular weight excluding hydrogens is 316 g/mol. The van der Waals surface area contributed by atoms with E-state index >= 15 is 0 Å². The van der Waals surface area contributed by atoms with E-state index in [-0.39, 0.29) is 24.2 Å². The van der Waals surface area contributed by atoms with Gasteiger partial charge < -0.3 is 4.90 Å². The number of nitrogens with zero attached hydrogens (tertiary/aromatic N) is 3. The van der Waals surface area contributed by atoms with Crippen LogP contribution >= 0.6 is 0 Å². The van der Waals surface area contributed by atoms with Crippen LogP contribution in [0.5, 0.6) is 0 Å². The van der Waals surface area contributed by atoms with Gasteiger partial charge in [0.15, 0.2) is 0 Å². The molecule has 0 bridgehead atoms. The molecule has 1 fully saturated rings. The van der Waals surface area contributed by atoms with E-state index in [4.69, 9.17) is 0 Å². The van der Waals surface area contributed by atoms with E-state index in [0.29, 0.717) is 6.54 Å². The maximum absolute atomic E-state index is 12.6. The van der Waals surface area contributed by atoms with Crippen molar-refractivity contribution in [2.45, 2.75) is 13.3 Å². The molecule has 1 aliphatic rings. The lowest BCUT2D eigenvalue weighted by Gasteiger charge is -2.17. The molecule has 2 aromatic carbocycles. The van der Waals surface area contributed by atoms with E-state index in [9.17, 15) is 9.59 Å². The summed E-state index contributed by atoms with van der Waals surface area (Å²) in [7, 11) is 0. The molecule has 3 aromatic rings. The molecule has 126 valence electrons. The Morgan fingerprint density at radius 3 is 2.72 bits per heavy atom. The first-order valence-electron chi connectivity index (χ1n) is 8.22. The minimum Gasteiger partial charge on any atom is -0.312 e. The molecule has 0 radical (unpaired) electrons. The van der Waals surface area contributed by atoms with Gasteiger partial charge in [0.25, 0.3) is 0 Å². The van der Waals surface area contributed by atoms with Gasteiger partial charge >= 0.3 is 0 Å². The van der Waals surface area contributed by atoms with Gasteiger partial charge in [-0.25, -0.2) is 9.66 Å². The number of para-hydroxylation sites is 2. The van der Waals surface area contributed by atoms with Gasteiger partial charge in [-0.1, -0.05) is 29.8 Å². The summed E-state index contributed by atoms with van der Waals surface area (Å²) in [5, 5.41) is 0. The summed E-state index contributed by atoms with van der Waals surface area (Å²) in [6.45, 7) is 2.39. The second kappa shape index (κ2) is 6.05. The molecule has 1 aromatic heterocycles. The lowest BCUT2D eigenvalue weighted by molar-refractivity contribution is -0.123. The number of carbonyl (C=O) groups excluding carboxylic acids is 2. The summed E-state index contributed by atoms with van der Waals surface area (Å²) >= 11 is 0. The highest BCUT2D eigenvalue weighted by Crippen LogP contribution is 2.25. The standard InChI is InChI=1S/C19H18N4O2/c1-13-6-8-15(9-7-13)22-11-14(10-18(22)24)19(25)21-23-12-20-16-4-2-3-5-17(16)23/h2-9,12,14H,10-11H2,1H3,(H,21,25).